The minimum atomic E-state index is -1.21. The molecular weight excluding hydrogens is 310 g/mol. The predicted octanol–water partition coefficient (Wildman–Crippen LogP) is 1.04. The van der Waals surface area contributed by atoms with E-state index in [1.807, 2.05) is 12.1 Å². The predicted molar refractivity (Wildman–Crippen MR) is 82.5 cm³/mol. The number of carbonyl (C=O) groups excluding carboxylic acids is 2. The molecule has 0 saturated carbocycles. The quantitative estimate of drug-likeness (QED) is 0.596. The van der Waals surface area contributed by atoms with Gasteiger partial charge in [-0.1, -0.05) is 36.1 Å². The first-order valence-electron chi connectivity index (χ1n) is 6.10. The maximum Gasteiger partial charge on any atom is 0.266 e. The zero-order valence-electron chi connectivity index (χ0n) is 11.2. The summed E-state index contributed by atoms with van der Waals surface area (Å²) in [4.78, 5) is 24.4. The highest BCUT2D eigenvalue weighted by Gasteiger charge is 2.31. The van der Waals surface area contributed by atoms with E-state index in [2.05, 4.69) is 0 Å². The summed E-state index contributed by atoms with van der Waals surface area (Å²) >= 11 is 6.26. The number of rotatable bonds is 5. The first-order valence-corrected chi connectivity index (χ1v) is 7.33. The van der Waals surface area contributed by atoms with E-state index in [1.165, 1.54) is 4.90 Å². The zero-order chi connectivity index (χ0) is 15.4. The van der Waals surface area contributed by atoms with Crippen LogP contribution in [0, 0.1) is 0 Å². The van der Waals surface area contributed by atoms with E-state index < -0.39 is 5.97 Å². The number of thioether (sulfide) groups is 1. The molecule has 5 nitrogen and oxygen atoms in total. The Labute approximate surface area is 131 Å². The standard InChI is InChI=1S/C14H13NO4S2/c1-19-10-4-2-9(3-5-10)8-11-13(18)15(14(20)21-11)7-6-12(16)17/h2-5,8H,6-7H2,1H3,(H,16,17)/p-1/b11-8-. The van der Waals surface area contributed by atoms with Crippen molar-refractivity contribution in [2.75, 3.05) is 13.7 Å². The number of carboxylic acids is 1. The van der Waals surface area contributed by atoms with E-state index >= 15 is 0 Å². The van der Waals surface area contributed by atoms with Crippen molar-refractivity contribution in [2.45, 2.75) is 6.42 Å². The molecule has 1 aliphatic heterocycles. The maximum absolute atomic E-state index is 12.2. The molecule has 1 aromatic rings. The molecule has 0 atom stereocenters. The second kappa shape index (κ2) is 6.73. The van der Waals surface area contributed by atoms with Crippen LogP contribution in [0.4, 0.5) is 0 Å². The van der Waals surface area contributed by atoms with Crippen LogP contribution in [0.3, 0.4) is 0 Å². The summed E-state index contributed by atoms with van der Waals surface area (Å²) in [5, 5.41) is 10.5. The lowest BCUT2D eigenvalue weighted by molar-refractivity contribution is -0.305. The third-order valence-corrected chi connectivity index (χ3v) is 4.20. The molecule has 1 aromatic carbocycles. The highest BCUT2D eigenvalue weighted by Crippen LogP contribution is 2.32. The van der Waals surface area contributed by atoms with Gasteiger partial charge in [-0.25, -0.2) is 0 Å². The second-order valence-electron chi connectivity index (χ2n) is 4.23. The number of hydrogen-bond acceptors (Lipinski definition) is 6. The molecule has 0 bridgehead atoms. The van der Waals surface area contributed by atoms with Crippen molar-refractivity contribution in [2.24, 2.45) is 0 Å². The van der Waals surface area contributed by atoms with E-state index in [-0.39, 0.29) is 18.9 Å². The van der Waals surface area contributed by atoms with Crippen molar-refractivity contribution in [1.29, 1.82) is 0 Å². The number of hydrogen-bond donors (Lipinski definition) is 0. The molecule has 110 valence electrons. The van der Waals surface area contributed by atoms with Crippen molar-refractivity contribution in [3.05, 3.63) is 34.7 Å². The van der Waals surface area contributed by atoms with Crippen LogP contribution in [0.25, 0.3) is 6.08 Å². The van der Waals surface area contributed by atoms with Gasteiger partial charge in [0, 0.05) is 18.9 Å². The van der Waals surface area contributed by atoms with Crippen LogP contribution in [0.5, 0.6) is 5.75 Å². The van der Waals surface area contributed by atoms with Crippen molar-refractivity contribution >= 4 is 46.3 Å². The Hall–Kier alpha value is -1.86. The van der Waals surface area contributed by atoms with Crippen molar-refractivity contribution in [1.82, 2.24) is 4.90 Å². The molecular formula is C14H12NO4S2-. The molecule has 21 heavy (non-hydrogen) atoms. The molecule has 1 heterocycles. The van der Waals surface area contributed by atoms with Gasteiger partial charge in [-0.3, -0.25) is 9.69 Å². The van der Waals surface area contributed by atoms with Crippen LogP contribution >= 0.6 is 24.0 Å². The average molecular weight is 322 g/mol. The molecule has 0 spiro atoms. The molecule has 2 rings (SSSR count). The SMILES string of the molecule is COc1ccc(/C=C2\SC(=S)N(CCC(=O)[O-])C2=O)cc1. The van der Waals surface area contributed by atoms with Gasteiger partial charge in [0.1, 0.15) is 10.1 Å². The van der Waals surface area contributed by atoms with Crippen LogP contribution in [-0.2, 0) is 9.59 Å². The Morgan fingerprint density at radius 1 is 1.43 bits per heavy atom. The third-order valence-electron chi connectivity index (χ3n) is 2.83. The lowest BCUT2D eigenvalue weighted by Gasteiger charge is -2.14. The molecule has 0 aliphatic carbocycles. The summed E-state index contributed by atoms with van der Waals surface area (Å²) in [5.41, 5.74) is 0.844. The summed E-state index contributed by atoms with van der Waals surface area (Å²) in [7, 11) is 1.58. The van der Waals surface area contributed by atoms with Gasteiger partial charge >= 0.3 is 0 Å². The minimum Gasteiger partial charge on any atom is -0.550 e. The molecule has 0 unspecified atom stereocenters. The van der Waals surface area contributed by atoms with Gasteiger partial charge in [0.05, 0.1) is 12.0 Å². The van der Waals surface area contributed by atoms with Gasteiger partial charge < -0.3 is 14.6 Å². The zero-order valence-corrected chi connectivity index (χ0v) is 12.8. The highest BCUT2D eigenvalue weighted by atomic mass is 32.2. The molecule has 7 heteroatoms. The molecule has 0 aromatic heterocycles. The lowest BCUT2D eigenvalue weighted by Crippen LogP contribution is -2.33. The first kappa shape index (κ1) is 15.5. The van der Waals surface area contributed by atoms with Crippen LogP contribution in [0.15, 0.2) is 29.2 Å². The molecule has 1 fully saturated rings. The van der Waals surface area contributed by atoms with Crippen molar-refractivity contribution in [3.8, 4) is 5.75 Å². The molecule has 1 aliphatic rings. The number of aliphatic carboxylic acids is 1. The number of carboxylic acid groups (broad SMARTS) is 1. The monoisotopic (exact) mass is 322 g/mol. The number of ether oxygens (including phenoxy) is 1. The van der Waals surface area contributed by atoms with E-state index in [1.54, 1.807) is 25.3 Å². The molecule has 1 amide bonds. The van der Waals surface area contributed by atoms with Gasteiger partial charge in [-0.05, 0) is 23.8 Å². The molecule has 0 radical (unpaired) electrons. The van der Waals surface area contributed by atoms with E-state index in [4.69, 9.17) is 17.0 Å². The van der Waals surface area contributed by atoms with Crippen molar-refractivity contribution in [3.63, 3.8) is 0 Å². The Bertz CT molecular complexity index is 610. The number of thiocarbonyl (C=S) groups is 1. The largest absolute Gasteiger partial charge is 0.550 e. The van der Waals surface area contributed by atoms with E-state index in [0.29, 0.717) is 9.23 Å². The Balaban J connectivity index is 2.13. The Morgan fingerprint density at radius 2 is 2.10 bits per heavy atom. The van der Waals surface area contributed by atoms with E-state index in [9.17, 15) is 14.7 Å². The number of amides is 1. The summed E-state index contributed by atoms with van der Waals surface area (Å²) in [5.74, 6) is -0.751. The lowest BCUT2D eigenvalue weighted by atomic mass is 10.2. The van der Waals surface area contributed by atoms with Gasteiger partial charge in [0.2, 0.25) is 0 Å². The van der Waals surface area contributed by atoms with Gasteiger partial charge in [-0.15, -0.1) is 0 Å². The normalized spacial score (nSPS) is 16.6. The summed E-state index contributed by atoms with van der Waals surface area (Å²) in [6.45, 7) is 0.0347. The fraction of sp³-hybridized carbons (Fsp3) is 0.214. The maximum atomic E-state index is 12.2. The number of benzene rings is 1. The first-order chi connectivity index (χ1) is 10.0. The Kier molecular flexibility index (Phi) is 4.98. The minimum absolute atomic E-state index is 0.0347. The topological polar surface area (TPSA) is 69.7 Å². The fourth-order valence-electron chi connectivity index (χ4n) is 1.75. The summed E-state index contributed by atoms with van der Waals surface area (Å²) in [6, 6.07) is 7.24. The smallest absolute Gasteiger partial charge is 0.266 e. The number of methoxy groups -OCH3 is 1. The summed E-state index contributed by atoms with van der Waals surface area (Å²) < 4.78 is 5.43. The van der Waals surface area contributed by atoms with Crippen molar-refractivity contribution < 1.29 is 19.4 Å². The van der Waals surface area contributed by atoms with Gasteiger partial charge in [0.15, 0.2) is 0 Å². The van der Waals surface area contributed by atoms with Crippen LogP contribution in [0.1, 0.15) is 12.0 Å². The third kappa shape index (κ3) is 3.83. The van der Waals surface area contributed by atoms with Gasteiger partial charge in [-0.2, -0.15) is 0 Å². The number of nitrogens with zero attached hydrogens (tertiary/aromatic N) is 1. The summed E-state index contributed by atoms with van der Waals surface area (Å²) in [6.07, 6.45) is 1.49. The second-order valence-corrected chi connectivity index (χ2v) is 5.90. The highest BCUT2D eigenvalue weighted by molar-refractivity contribution is 8.26. The molecule has 1 saturated heterocycles. The van der Waals surface area contributed by atoms with E-state index in [0.717, 1.165) is 23.1 Å². The van der Waals surface area contributed by atoms with Crippen LogP contribution in [0.2, 0.25) is 0 Å². The Morgan fingerprint density at radius 3 is 2.67 bits per heavy atom. The average Bonchev–Trinajstić information content (AvgIpc) is 2.72. The fourth-order valence-corrected chi connectivity index (χ4v) is 3.06. The van der Waals surface area contributed by atoms with Gasteiger partial charge in [0.25, 0.3) is 5.91 Å². The molecule has 0 N–H and O–H groups in total. The van der Waals surface area contributed by atoms with Crippen LogP contribution in [-0.4, -0.2) is 34.8 Å². The number of carbonyl (C=O) groups is 2. The van der Waals surface area contributed by atoms with Crippen LogP contribution < -0.4 is 9.84 Å².